The number of anilines is 3. The van der Waals surface area contributed by atoms with Crippen molar-refractivity contribution in [1.82, 2.24) is 24.5 Å². The van der Waals surface area contributed by atoms with Crippen molar-refractivity contribution in [3.63, 3.8) is 0 Å². The number of carbonyl (C=O) groups is 1. The molecule has 0 spiro atoms. The Labute approximate surface area is 230 Å². The van der Waals surface area contributed by atoms with E-state index in [9.17, 15) is 22.8 Å². The Bertz CT molecular complexity index is 1860. The van der Waals surface area contributed by atoms with Crippen molar-refractivity contribution in [3.05, 3.63) is 99.9 Å². The Kier molecular flexibility index (Phi) is 7.10. The highest BCUT2D eigenvalue weighted by Gasteiger charge is 2.31. The number of rotatable bonds is 6. The van der Waals surface area contributed by atoms with E-state index >= 15 is 0 Å². The van der Waals surface area contributed by atoms with E-state index < -0.39 is 23.3 Å². The van der Waals surface area contributed by atoms with Gasteiger partial charge in [0, 0.05) is 29.3 Å². The van der Waals surface area contributed by atoms with Crippen molar-refractivity contribution in [1.29, 1.82) is 0 Å². The molecule has 0 aliphatic carbocycles. The summed E-state index contributed by atoms with van der Waals surface area (Å²) in [7, 11) is 1.48. The van der Waals surface area contributed by atoms with E-state index in [4.69, 9.17) is 4.74 Å². The maximum atomic E-state index is 13.2. The molecule has 5 rings (SSSR count). The average Bonchev–Trinajstić information content (AvgIpc) is 2.94. The molecule has 41 heavy (non-hydrogen) atoms. The maximum Gasteiger partial charge on any atom is 0.416 e. The van der Waals surface area contributed by atoms with Crippen LogP contribution in [0.4, 0.5) is 30.5 Å². The molecule has 0 saturated heterocycles. The first-order chi connectivity index (χ1) is 19.5. The maximum absolute atomic E-state index is 13.2. The van der Waals surface area contributed by atoms with E-state index in [2.05, 4.69) is 30.6 Å². The summed E-state index contributed by atoms with van der Waals surface area (Å²) in [6.45, 7) is 3.48. The molecule has 208 valence electrons. The molecule has 0 unspecified atom stereocenters. The minimum Gasteiger partial charge on any atom is -0.480 e. The number of nitrogens with zero attached hydrogens (tertiary/aromatic N) is 5. The van der Waals surface area contributed by atoms with Gasteiger partial charge >= 0.3 is 11.9 Å². The molecule has 10 nitrogen and oxygen atoms in total. The molecule has 2 aromatic carbocycles. The third kappa shape index (κ3) is 5.55. The summed E-state index contributed by atoms with van der Waals surface area (Å²) in [4.78, 5) is 42.9. The Morgan fingerprint density at radius 3 is 2.56 bits per heavy atom. The number of amides is 1. The number of aromatic nitrogens is 5. The molecule has 0 atom stereocenters. The summed E-state index contributed by atoms with van der Waals surface area (Å²) in [5, 5.41) is 6.11. The fourth-order valence-electron chi connectivity index (χ4n) is 4.20. The molecule has 1 amide bonds. The van der Waals surface area contributed by atoms with Gasteiger partial charge in [-0.2, -0.15) is 23.1 Å². The second-order valence-electron chi connectivity index (χ2n) is 8.97. The van der Waals surface area contributed by atoms with Gasteiger partial charge in [0.25, 0.3) is 5.91 Å². The van der Waals surface area contributed by atoms with Crippen LogP contribution in [0.15, 0.2) is 71.8 Å². The number of nitrogens with one attached hydrogen (secondary N) is 2. The molecule has 0 saturated carbocycles. The minimum atomic E-state index is -4.58. The first-order valence-electron chi connectivity index (χ1n) is 12.2. The lowest BCUT2D eigenvalue weighted by Gasteiger charge is -2.16. The molecule has 0 radical (unpaired) electrons. The van der Waals surface area contributed by atoms with E-state index in [0.29, 0.717) is 33.9 Å². The van der Waals surface area contributed by atoms with Gasteiger partial charge in [0.15, 0.2) is 5.65 Å². The van der Waals surface area contributed by atoms with Gasteiger partial charge < -0.3 is 15.4 Å². The lowest BCUT2D eigenvalue weighted by Crippen LogP contribution is -2.25. The van der Waals surface area contributed by atoms with Crippen LogP contribution in [0.25, 0.3) is 16.7 Å². The van der Waals surface area contributed by atoms with E-state index in [0.717, 1.165) is 18.2 Å². The Balaban J connectivity index is 1.48. The zero-order chi connectivity index (χ0) is 29.3. The third-order valence-electron chi connectivity index (χ3n) is 6.26. The van der Waals surface area contributed by atoms with Crippen molar-refractivity contribution in [2.24, 2.45) is 0 Å². The van der Waals surface area contributed by atoms with Crippen LogP contribution in [0, 0.1) is 13.8 Å². The highest BCUT2D eigenvalue weighted by molar-refractivity contribution is 6.04. The molecule has 0 aliphatic rings. The van der Waals surface area contributed by atoms with Crippen molar-refractivity contribution in [2.45, 2.75) is 20.0 Å². The fraction of sp³-hybridized carbons (Fsp3) is 0.143. The normalized spacial score (nSPS) is 11.4. The quantitative estimate of drug-likeness (QED) is 0.290. The monoisotopic (exact) mass is 561 g/mol. The van der Waals surface area contributed by atoms with Crippen LogP contribution in [0.1, 0.15) is 27.2 Å². The molecule has 13 heteroatoms. The van der Waals surface area contributed by atoms with Gasteiger partial charge in [-0.15, -0.1) is 0 Å². The molecule has 0 aliphatic heterocycles. The standard InChI is InChI=1S/C28H22F3N7O3/c1-15-9-10-19(34-24(39)17-6-4-7-18(12-17)28(29,30)31)13-22(15)38-16(2)20-14-33-26(36-23(20)37-27(38)40)35-21-8-5-11-32-25(21)41-3/h4-14H,1-3H3,(H,34,39)(H,35,36,37,40). The lowest BCUT2D eigenvalue weighted by molar-refractivity contribution is -0.137. The molecule has 0 fully saturated rings. The van der Waals surface area contributed by atoms with Crippen molar-refractivity contribution in [3.8, 4) is 11.6 Å². The van der Waals surface area contributed by atoms with E-state index in [1.807, 2.05) is 0 Å². The Morgan fingerprint density at radius 2 is 1.80 bits per heavy atom. The molecule has 3 aromatic heterocycles. The van der Waals surface area contributed by atoms with Gasteiger partial charge in [0.2, 0.25) is 11.8 Å². The highest BCUT2D eigenvalue weighted by Crippen LogP contribution is 2.30. The van der Waals surface area contributed by atoms with Gasteiger partial charge in [-0.3, -0.25) is 9.36 Å². The van der Waals surface area contributed by atoms with Gasteiger partial charge in [0.05, 0.1) is 23.7 Å². The number of alkyl halides is 3. The number of carbonyl (C=O) groups excluding carboxylic acids is 1. The molecule has 0 bridgehead atoms. The predicted molar refractivity (Wildman–Crippen MR) is 146 cm³/mol. The van der Waals surface area contributed by atoms with Crippen molar-refractivity contribution < 1.29 is 22.7 Å². The molecule has 5 aromatic rings. The number of ether oxygens (including phenoxy) is 1. The molecule has 2 N–H and O–H groups in total. The number of methoxy groups -OCH3 is 1. The Hall–Kier alpha value is -5.33. The summed E-state index contributed by atoms with van der Waals surface area (Å²) in [6, 6.07) is 12.4. The summed E-state index contributed by atoms with van der Waals surface area (Å²) in [5.74, 6) is -0.208. The third-order valence-corrected chi connectivity index (χ3v) is 6.26. The van der Waals surface area contributed by atoms with Gasteiger partial charge in [0.1, 0.15) is 5.69 Å². The second-order valence-corrected chi connectivity index (χ2v) is 8.97. The largest absolute Gasteiger partial charge is 0.480 e. The Morgan fingerprint density at radius 1 is 1.00 bits per heavy atom. The summed E-state index contributed by atoms with van der Waals surface area (Å²) in [6.07, 6.45) is -1.48. The van der Waals surface area contributed by atoms with Crippen LogP contribution in [0.2, 0.25) is 0 Å². The summed E-state index contributed by atoms with van der Waals surface area (Å²) < 4.78 is 45.9. The number of fused-ring (bicyclic) bond motifs is 1. The summed E-state index contributed by atoms with van der Waals surface area (Å²) in [5.41, 5.74) is 0.864. The topological polar surface area (TPSA) is 124 Å². The van der Waals surface area contributed by atoms with E-state index in [1.165, 1.54) is 23.9 Å². The molecular weight excluding hydrogens is 539 g/mol. The van der Waals surface area contributed by atoms with E-state index in [1.54, 1.807) is 50.4 Å². The first kappa shape index (κ1) is 27.2. The molecular formula is C28H22F3N7O3. The number of benzene rings is 2. The SMILES string of the molecule is COc1ncccc1Nc1ncc2c(C)n(-c3cc(NC(=O)c4cccc(C(F)(F)F)c4)ccc3C)c(=O)nc2n1. The zero-order valence-electron chi connectivity index (χ0n) is 21.9. The highest BCUT2D eigenvalue weighted by atomic mass is 19.4. The van der Waals surface area contributed by atoms with Crippen molar-refractivity contribution in [2.75, 3.05) is 17.7 Å². The van der Waals surface area contributed by atoms with Gasteiger partial charge in [-0.1, -0.05) is 12.1 Å². The van der Waals surface area contributed by atoms with Gasteiger partial charge in [-0.25, -0.2) is 14.8 Å². The van der Waals surface area contributed by atoms with E-state index in [-0.39, 0.29) is 22.8 Å². The van der Waals surface area contributed by atoms with Crippen LogP contribution >= 0.6 is 0 Å². The minimum absolute atomic E-state index is 0.159. The number of pyridine rings is 1. The number of aryl methyl sites for hydroxylation is 2. The van der Waals surface area contributed by atoms with Crippen LogP contribution in [-0.2, 0) is 6.18 Å². The van der Waals surface area contributed by atoms with Crippen LogP contribution in [0.5, 0.6) is 5.88 Å². The summed E-state index contributed by atoms with van der Waals surface area (Å²) >= 11 is 0. The fourth-order valence-corrected chi connectivity index (χ4v) is 4.20. The van der Waals surface area contributed by atoms with Crippen molar-refractivity contribution >= 4 is 34.3 Å². The smallest absolute Gasteiger partial charge is 0.416 e. The lowest BCUT2D eigenvalue weighted by atomic mass is 10.1. The second kappa shape index (κ2) is 10.7. The van der Waals surface area contributed by atoms with Gasteiger partial charge in [-0.05, 0) is 61.9 Å². The van der Waals surface area contributed by atoms with Crippen LogP contribution < -0.4 is 21.1 Å². The predicted octanol–water partition coefficient (Wildman–Crippen LogP) is 5.21. The zero-order valence-corrected chi connectivity index (χ0v) is 21.9. The van der Waals surface area contributed by atoms with Crippen LogP contribution in [-0.4, -0.2) is 37.5 Å². The number of hydrogen-bond acceptors (Lipinski definition) is 8. The first-order valence-corrected chi connectivity index (χ1v) is 12.2. The average molecular weight is 562 g/mol. The number of hydrogen-bond donors (Lipinski definition) is 2. The van der Waals surface area contributed by atoms with Crippen LogP contribution in [0.3, 0.4) is 0 Å². The number of halogens is 3. The molecule has 3 heterocycles.